The molecule has 1 saturated heterocycles. The lowest BCUT2D eigenvalue weighted by atomic mass is 10.1. The van der Waals surface area contributed by atoms with Gasteiger partial charge in [0, 0.05) is 32.4 Å². The fourth-order valence-electron chi connectivity index (χ4n) is 2.68. The summed E-state index contributed by atoms with van der Waals surface area (Å²) in [7, 11) is 0. The number of halogens is 1. The molecule has 1 aliphatic heterocycles. The summed E-state index contributed by atoms with van der Waals surface area (Å²) < 4.78 is 13.1. The van der Waals surface area contributed by atoms with E-state index in [1.54, 1.807) is 12.3 Å². The molecule has 0 aromatic carbocycles. The molecule has 112 valence electrons. The zero-order valence-electron chi connectivity index (χ0n) is 12.3. The van der Waals surface area contributed by atoms with E-state index in [0.717, 1.165) is 57.8 Å². The van der Waals surface area contributed by atoms with Gasteiger partial charge in [0.2, 0.25) is 0 Å². The number of hydrogen-bond donors (Lipinski definition) is 1. The van der Waals surface area contributed by atoms with Crippen molar-refractivity contribution >= 4 is 0 Å². The highest BCUT2D eigenvalue weighted by molar-refractivity contribution is 5.10. The molecule has 1 aromatic heterocycles. The Morgan fingerprint density at radius 1 is 1.25 bits per heavy atom. The molecule has 1 unspecified atom stereocenters. The van der Waals surface area contributed by atoms with Crippen LogP contribution in [-0.4, -0.2) is 54.1 Å². The molecule has 0 radical (unpaired) electrons. The summed E-state index contributed by atoms with van der Waals surface area (Å²) in [5, 5.41) is 0. The fraction of sp³-hybridized carbons (Fsp3) is 0.667. The highest BCUT2D eigenvalue weighted by atomic mass is 19.1. The van der Waals surface area contributed by atoms with E-state index in [9.17, 15) is 4.39 Å². The Labute approximate surface area is 120 Å². The Bertz CT molecular complexity index is 413. The lowest BCUT2D eigenvalue weighted by Gasteiger charge is -2.24. The highest BCUT2D eigenvalue weighted by Crippen LogP contribution is 2.10. The molecule has 0 bridgehead atoms. The quantitative estimate of drug-likeness (QED) is 0.883. The Kier molecular flexibility index (Phi) is 5.88. The van der Waals surface area contributed by atoms with E-state index in [1.165, 1.54) is 6.20 Å². The summed E-state index contributed by atoms with van der Waals surface area (Å²) in [5.41, 5.74) is 6.64. The fourth-order valence-corrected chi connectivity index (χ4v) is 2.68. The van der Waals surface area contributed by atoms with Crippen molar-refractivity contribution in [2.24, 2.45) is 11.7 Å². The number of nitrogens with two attached hydrogens (primary N) is 1. The molecule has 1 aromatic rings. The zero-order chi connectivity index (χ0) is 14.4. The molecule has 1 fully saturated rings. The third kappa shape index (κ3) is 4.81. The molecule has 0 amide bonds. The minimum Gasteiger partial charge on any atom is -0.330 e. The minimum absolute atomic E-state index is 0.254. The van der Waals surface area contributed by atoms with E-state index >= 15 is 0 Å². The molecule has 0 spiro atoms. The Hall–Kier alpha value is -1.04. The predicted molar refractivity (Wildman–Crippen MR) is 78.7 cm³/mol. The van der Waals surface area contributed by atoms with Crippen LogP contribution in [0.4, 0.5) is 4.39 Å². The van der Waals surface area contributed by atoms with Gasteiger partial charge in [-0.3, -0.25) is 9.88 Å². The number of hydrogen-bond acceptors (Lipinski definition) is 4. The van der Waals surface area contributed by atoms with Gasteiger partial charge in [-0.2, -0.15) is 0 Å². The minimum atomic E-state index is -0.254. The Morgan fingerprint density at radius 2 is 2.00 bits per heavy atom. The first-order valence-corrected chi connectivity index (χ1v) is 7.41. The van der Waals surface area contributed by atoms with Crippen LogP contribution in [0.2, 0.25) is 0 Å². The van der Waals surface area contributed by atoms with E-state index in [4.69, 9.17) is 5.73 Å². The molecule has 1 aliphatic rings. The molecule has 2 N–H and O–H groups in total. The average Bonchev–Trinajstić information content (AvgIpc) is 2.64. The molecule has 2 heterocycles. The summed E-state index contributed by atoms with van der Waals surface area (Å²) in [6, 6.07) is 1.58. The van der Waals surface area contributed by atoms with Crippen LogP contribution in [0.25, 0.3) is 0 Å². The van der Waals surface area contributed by atoms with Crippen molar-refractivity contribution < 1.29 is 4.39 Å². The number of pyridine rings is 1. The van der Waals surface area contributed by atoms with Crippen LogP contribution in [0.5, 0.6) is 0 Å². The normalized spacial score (nSPS) is 19.8. The Morgan fingerprint density at radius 3 is 2.75 bits per heavy atom. The summed E-state index contributed by atoms with van der Waals surface area (Å²) in [6.45, 7) is 9.07. The first-order chi connectivity index (χ1) is 9.67. The zero-order valence-corrected chi connectivity index (χ0v) is 12.3. The SMILES string of the molecule is CC(CN)CN1CCCN(Cc2cncc(F)c2)CC1. The van der Waals surface area contributed by atoms with E-state index in [2.05, 4.69) is 21.7 Å². The summed E-state index contributed by atoms with van der Waals surface area (Å²) in [4.78, 5) is 8.78. The van der Waals surface area contributed by atoms with Crippen molar-refractivity contribution in [3.05, 3.63) is 29.8 Å². The van der Waals surface area contributed by atoms with Crippen molar-refractivity contribution in [3.63, 3.8) is 0 Å². The third-order valence-electron chi connectivity index (χ3n) is 3.82. The highest BCUT2D eigenvalue weighted by Gasteiger charge is 2.16. The maximum absolute atomic E-state index is 13.1. The van der Waals surface area contributed by atoms with Gasteiger partial charge in [0.1, 0.15) is 5.82 Å². The van der Waals surface area contributed by atoms with Crippen molar-refractivity contribution in [1.82, 2.24) is 14.8 Å². The smallest absolute Gasteiger partial charge is 0.141 e. The van der Waals surface area contributed by atoms with Crippen LogP contribution in [0.3, 0.4) is 0 Å². The van der Waals surface area contributed by atoms with Gasteiger partial charge < -0.3 is 10.6 Å². The maximum atomic E-state index is 13.1. The lowest BCUT2D eigenvalue weighted by molar-refractivity contribution is 0.232. The number of nitrogens with zero attached hydrogens (tertiary/aromatic N) is 3. The second kappa shape index (κ2) is 7.67. The lowest BCUT2D eigenvalue weighted by Crippen LogP contribution is -2.35. The van der Waals surface area contributed by atoms with Crippen LogP contribution >= 0.6 is 0 Å². The van der Waals surface area contributed by atoms with Gasteiger partial charge in [-0.05, 0) is 43.6 Å². The molecule has 5 heteroatoms. The molecule has 2 rings (SSSR count). The van der Waals surface area contributed by atoms with Crippen molar-refractivity contribution in [3.8, 4) is 0 Å². The molecule has 20 heavy (non-hydrogen) atoms. The summed E-state index contributed by atoms with van der Waals surface area (Å²) >= 11 is 0. The standard InChI is InChI=1S/C15H25FN4/c1-13(8-17)11-19-3-2-4-20(6-5-19)12-14-7-15(16)10-18-9-14/h7,9-10,13H,2-6,8,11-12,17H2,1H3. The first-order valence-electron chi connectivity index (χ1n) is 7.41. The average molecular weight is 280 g/mol. The topological polar surface area (TPSA) is 45.4 Å². The molecular weight excluding hydrogens is 255 g/mol. The number of rotatable bonds is 5. The van der Waals surface area contributed by atoms with Crippen LogP contribution in [0, 0.1) is 11.7 Å². The largest absolute Gasteiger partial charge is 0.330 e. The van der Waals surface area contributed by atoms with E-state index in [1.807, 2.05) is 0 Å². The molecular formula is C15H25FN4. The van der Waals surface area contributed by atoms with Crippen LogP contribution in [0.1, 0.15) is 18.9 Å². The van der Waals surface area contributed by atoms with E-state index in [-0.39, 0.29) is 5.82 Å². The van der Waals surface area contributed by atoms with E-state index in [0.29, 0.717) is 5.92 Å². The first kappa shape index (κ1) is 15.4. The van der Waals surface area contributed by atoms with Gasteiger partial charge in [-0.25, -0.2) is 4.39 Å². The van der Waals surface area contributed by atoms with Crippen molar-refractivity contribution in [2.75, 3.05) is 39.3 Å². The van der Waals surface area contributed by atoms with Crippen LogP contribution in [-0.2, 0) is 6.54 Å². The van der Waals surface area contributed by atoms with Gasteiger partial charge in [-0.15, -0.1) is 0 Å². The Balaban J connectivity index is 1.83. The van der Waals surface area contributed by atoms with Gasteiger partial charge in [0.15, 0.2) is 0 Å². The molecule has 0 aliphatic carbocycles. The molecule has 0 saturated carbocycles. The second-order valence-electron chi connectivity index (χ2n) is 5.78. The maximum Gasteiger partial charge on any atom is 0.141 e. The summed E-state index contributed by atoms with van der Waals surface area (Å²) in [5.74, 6) is 0.296. The van der Waals surface area contributed by atoms with Gasteiger partial charge in [-0.1, -0.05) is 6.92 Å². The summed E-state index contributed by atoms with van der Waals surface area (Å²) in [6.07, 6.45) is 4.16. The van der Waals surface area contributed by atoms with Crippen molar-refractivity contribution in [2.45, 2.75) is 19.9 Å². The second-order valence-corrected chi connectivity index (χ2v) is 5.78. The van der Waals surface area contributed by atoms with Gasteiger partial charge >= 0.3 is 0 Å². The van der Waals surface area contributed by atoms with Gasteiger partial charge in [0.25, 0.3) is 0 Å². The monoisotopic (exact) mass is 280 g/mol. The van der Waals surface area contributed by atoms with Gasteiger partial charge in [0.05, 0.1) is 6.20 Å². The number of aromatic nitrogens is 1. The van der Waals surface area contributed by atoms with Crippen LogP contribution in [0.15, 0.2) is 18.5 Å². The predicted octanol–water partition coefficient (Wildman–Crippen LogP) is 1.32. The third-order valence-corrected chi connectivity index (χ3v) is 3.82. The van der Waals surface area contributed by atoms with E-state index < -0.39 is 0 Å². The van der Waals surface area contributed by atoms with Crippen molar-refractivity contribution in [1.29, 1.82) is 0 Å². The molecule has 4 nitrogen and oxygen atoms in total. The molecule has 1 atom stereocenters. The van der Waals surface area contributed by atoms with Crippen LogP contribution < -0.4 is 5.73 Å².